The summed E-state index contributed by atoms with van der Waals surface area (Å²) in [6.07, 6.45) is 2.35. The topological polar surface area (TPSA) is 49.3 Å². The Morgan fingerprint density at radius 2 is 2.60 bits per heavy atom. The van der Waals surface area contributed by atoms with Gasteiger partial charge >= 0.3 is 5.97 Å². The molecule has 0 amide bonds. The highest BCUT2D eigenvalue weighted by Crippen LogP contribution is 2.43. The molecule has 3 heteroatoms. The largest absolute Gasteiger partial charge is 0.480 e. The van der Waals surface area contributed by atoms with Crippen LogP contribution in [0.3, 0.4) is 0 Å². The summed E-state index contributed by atoms with van der Waals surface area (Å²) in [5.41, 5.74) is -0.693. The molecule has 0 aromatic carbocycles. The molecule has 0 aromatic heterocycles. The molecule has 0 aliphatic heterocycles. The molecule has 1 fully saturated rings. The highest BCUT2D eigenvalue weighted by molar-refractivity contribution is 5.83. The Kier molecular flexibility index (Phi) is 1.52. The van der Waals surface area contributed by atoms with Gasteiger partial charge in [-0.05, 0) is 13.5 Å². The minimum atomic E-state index is -0.778. The first-order chi connectivity index (χ1) is 4.67. The third-order valence-electron chi connectivity index (χ3n) is 2.13. The maximum absolute atomic E-state index is 10.6. The van der Waals surface area contributed by atoms with Crippen molar-refractivity contribution in [2.24, 2.45) is 5.92 Å². The molecule has 0 spiro atoms. The van der Waals surface area contributed by atoms with Gasteiger partial charge in [0.05, 0.1) is 0 Å². The van der Waals surface area contributed by atoms with E-state index in [1.54, 1.807) is 13.1 Å². The van der Waals surface area contributed by atoms with Gasteiger partial charge in [0.1, 0.15) is 5.54 Å². The van der Waals surface area contributed by atoms with Crippen LogP contribution < -0.4 is 5.32 Å². The van der Waals surface area contributed by atoms with Crippen molar-refractivity contribution in [1.29, 1.82) is 0 Å². The lowest BCUT2D eigenvalue weighted by Crippen LogP contribution is -2.38. The molecule has 2 N–H and O–H groups in total. The van der Waals surface area contributed by atoms with E-state index in [0.29, 0.717) is 6.42 Å². The van der Waals surface area contributed by atoms with Gasteiger partial charge in [-0.15, -0.1) is 6.58 Å². The van der Waals surface area contributed by atoms with E-state index in [2.05, 4.69) is 11.9 Å². The molecule has 3 nitrogen and oxygen atoms in total. The highest BCUT2D eigenvalue weighted by atomic mass is 16.4. The minimum Gasteiger partial charge on any atom is -0.480 e. The maximum atomic E-state index is 10.6. The Bertz CT molecular complexity index is 178. The molecule has 0 aromatic rings. The van der Waals surface area contributed by atoms with Crippen molar-refractivity contribution in [2.45, 2.75) is 12.0 Å². The van der Waals surface area contributed by atoms with Gasteiger partial charge in [-0.2, -0.15) is 0 Å². The zero-order valence-electron chi connectivity index (χ0n) is 5.92. The fraction of sp³-hybridized carbons (Fsp3) is 0.571. The van der Waals surface area contributed by atoms with Gasteiger partial charge in [-0.25, -0.2) is 0 Å². The third-order valence-corrected chi connectivity index (χ3v) is 2.13. The summed E-state index contributed by atoms with van der Waals surface area (Å²) < 4.78 is 0. The lowest BCUT2D eigenvalue weighted by atomic mass is 10.2. The van der Waals surface area contributed by atoms with Crippen molar-refractivity contribution in [3.05, 3.63) is 12.7 Å². The quantitative estimate of drug-likeness (QED) is 0.553. The van der Waals surface area contributed by atoms with Gasteiger partial charge in [-0.1, -0.05) is 6.08 Å². The van der Waals surface area contributed by atoms with Crippen LogP contribution >= 0.6 is 0 Å². The monoisotopic (exact) mass is 141 g/mol. The summed E-state index contributed by atoms with van der Waals surface area (Å²) in [5.74, 6) is -0.671. The Balaban J connectivity index is 2.67. The van der Waals surface area contributed by atoms with Crippen LogP contribution in [0.25, 0.3) is 0 Å². The van der Waals surface area contributed by atoms with Gasteiger partial charge in [-0.3, -0.25) is 4.79 Å². The molecule has 0 bridgehead atoms. The van der Waals surface area contributed by atoms with Crippen molar-refractivity contribution in [2.75, 3.05) is 7.05 Å². The van der Waals surface area contributed by atoms with E-state index >= 15 is 0 Å². The summed E-state index contributed by atoms with van der Waals surface area (Å²) in [5, 5.41) is 11.5. The summed E-state index contributed by atoms with van der Waals surface area (Å²) in [4.78, 5) is 10.6. The second kappa shape index (κ2) is 2.09. The lowest BCUT2D eigenvalue weighted by molar-refractivity contribution is -0.140. The van der Waals surface area contributed by atoms with Crippen LogP contribution in [0.5, 0.6) is 0 Å². The SMILES string of the molecule is C=C[C@@H]1C[C@]1(NC)C(=O)O. The molecular formula is C7H11NO2. The van der Waals surface area contributed by atoms with Gasteiger partial charge in [0, 0.05) is 5.92 Å². The Morgan fingerprint density at radius 1 is 2.00 bits per heavy atom. The number of aliphatic carboxylic acids is 1. The maximum Gasteiger partial charge on any atom is 0.324 e. The van der Waals surface area contributed by atoms with Crippen LogP contribution in [0, 0.1) is 5.92 Å². The van der Waals surface area contributed by atoms with Crippen LogP contribution in [0.1, 0.15) is 6.42 Å². The third kappa shape index (κ3) is 0.743. The van der Waals surface area contributed by atoms with E-state index < -0.39 is 11.5 Å². The van der Waals surface area contributed by atoms with Crippen LogP contribution in [0.15, 0.2) is 12.7 Å². The fourth-order valence-corrected chi connectivity index (χ4v) is 1.21. The molecule has 10 heavy (non-hydrogen) atoms. The number of hydrogen-bond donors (Lipinski definition) is 2. The number of carbonyl (C=O) groups is 1. The Labute approximate surface area is 59.7 Å². The molecule has 2 atom stereocenters. The van der Waals surface area contributed by atoms with Crippen molar-refractivity contribution >= 4 is 5.97 Å². The number of hydrogen-bond acceptors (Lipinski definition) is 2. The van der Waals surface area contributed by atoms with Crippen LogP contribution in [-0.4, -0.2) is 23.7 Å². The Morgan fingerprint density at radius 3 is 2.70 bits per heavy atom. The molecule has 0 saturated heterocycles. The van der Waals surface area contributed by atoms with E-state index in [1.807, 2.05) is 0 Å². The molecule has 1 aliphatic rings. The molecule has 1 aliphatic carbocycles. The molecule has 56 valence electrons. The normalized spacial score (nSPS) is 37.1. The summed E-state index contributed by atoms with van der Waals surface area (Å²) >= 11 is 0. The number of carboxylic acid groups (broad SMARTS) is 1. The smallest absolute Gasteiger partial charge is 0.324 e. The molecular weight excluding hydrogens is 130 g/mol. The molecule has 0 unspecified atom stereocenters. The van der Waals surface area contributed by atoms with Gasteiger partial charge in [0.15, 0.2) is 0 Å². The van der Waals surface area contributed by atoms with E-state index in [0.717, 1.165) is 0 Å². The van der Waals surface area contributed by atoms with E-state index in [4.69, 9.17) is 5.11 Å². The molecule has 1 saturated carbocycles. The highest BCUT2D eigenvalue weighted by Gasteiger charge is 2.57. The van der Waals surface area contributed by atoms with Crippen molar-refractivity contribution in [3.63, 3.8) is 0 Å². The summed E-state index contributed by atoms with van der Waals surface area (Å²) in [6.45, 7) is 3.54. The second-order valence-electron chi connectivity index (χ2n) is 2.57. The van der Waals surface area contributed by atoms with Gasteiger partial charge < -0.3 is 10.4 Å². The molecule has 0 radical (unpaired) electrons. The molecule has 1 rings (SSSR count). The van der Waals surface area contributed by atoms with Crippen molar-refractivity contribution in [1.82, 2.24) is 5.32 Å². The average molecular weight is 141 g/mol. The predicted molar refractivity (Wildman–Crippen MR) is 37.7 cm³/mol. The van der Waals surface area contributed by atoms with Crippen LogP contribution in [0.4, 0.5) is 0 Å². The van der Waals surface area contributed by atoms with Crippen molar-refractivity contribution < 1.29 is 9.90 Å². The second-order valence-corrected chi connectivity index (χ2v) is 2.57. The first kappa shape index (κ1) is 7.28. The lowest BCUT2D eigenvalue weighted by Gasteiger charge is -2.07. The number of nitrogens with one attached hydrogen (secondary N) is 1. The van der Waals surface area contributed by atoms with E-state index in [-0.39, 0.29) is 5.92 Å². The van der Waals surface area contributed by atoms with E-state index in [1.165, 1.54) is 0 Å². The first-order valence-electron chi connectivity index (χ1n) is 3.22. The van der Waals surface area contributed by atoms with Crippen LogP contribution in [-0.2, 0) is 4.79 Å². The standard InChI is InChI=1S/C7H11NO2/c1-3-5-4-7(5,8-2)6(9)10/h3,5,8H,1,4H2,2H3,(H,9,10)/t5-,7-/m1/s1. The summed E-state index contributed by atoms with van der Waals surface area (Å²) in [7, 11) is 1.66. The number of likely N-dealkylation sites (N-methyl/N-ethyl adjacent to an activating group) is 1. The zero-order valence-corrected chi connectivity index (χ0v) is 5.92. The minimum absolute atomic E-state index is 0.106. The Hall–Kier alpha value is -0.830. The first-order valence-corrected chi connectivity index (χ1v) is 3.22. The summed E-state index contributed by atoms with van der Waals surface area (Å²) in [6, 6.07) is 0. The molecule has 0 heterocycles. The average Bonchev–Trinajstić information content (AvgIpc) is 2.62. The fourth-order valence-electron chi connectivity index (χ4n) is 1.21. The number of carboxylic acids is 1. The van der Waals surface area contributed by atoms with Crippen LogP contribution in [0.2, 0.25) is 0 Å². The van der Waals surface area contributed by atoms with Gasteiger partial charge in [0.2, 0.25) is 0 Å². The predicted octanol–water partition coefficient (Wildman–Crippen LogP) is 0.235. The van der Waals surface area contributed by atoms with E-state index in [9.17, 15) is 4.79 Å². The zero-order chi connectivity index (χ0) is 7.78. The van der Waals surface area contributed by atoms with Gasteiger partial charge in [0.25, 0.3) is 0 Å². The number of rotatable bonds is 3. The van der Waals surface area contributed by atoms with Crippen molar-refractivity contribution in [3.8, 4) is 0 Å².